The monoisotopic (exact) mass is 398 g/mol. The maximum absolute atomic E-state index is 11.8. The molecule has 3 N–H and O–H groups in total. The predicted molar refractivity (Wildman–Crippen MR) is 109 cm³/mol. The van der Waals surface area contributed by atoms with Gasteiger partial charge in [-0.25, -0.2) is 13.1 Å². The maximum atomic E-state index is 11.8. The second-order valence-electron chi connectivity index (χ2n) is 6.30. The van der Waals surface area contributed by atoms with Crippen LogP contribution in [0.25, 0.3) is 11.1 Å². The van der Waals surface area contributed by atoms with Gasteiger partial charge in [0.05, 0.1) is 5.25 Å². The molecule has 0 aliphatic carbocycles. The Morgan fingerprint density at radius 1 is 0.962 bits per heavy atom. The molecule has 0 amide bonds. The standard InChI is InChI=1S/C19H26N2O3S.ClH/c1-14(2)25(22,23)21-13-15(3)24-19-10-8-18(9-11-19)17-6-4-16(12-20)5-7-17;/h4-11,14-15,21H,12-13,20H2,1-3H3;1H. The molecule has 2 rings (SSSR count). The molecule has 144 valence electrons. The second-order valence-corrected chi connectivity index (χ2v) is 8.62. The van der Waals surface area contributed by atoms with Gasteiger partial charge in [0.2, 0.25) is 10.0 Å². The van der Waals surface area contributed by atoms with Crippen LogP contribution in [0.4, 0.5) is 0 Å². The summed E-state index contributed by atoms with van der Waals surface area (Å²) >= 11 is 0. The molecular weight excluding hydrogens is 372 g/mol. The van der Waals surface area contributed by atoms with Gasteiger partial charge in [-0.15, -0.1) is 12.4 Å². The minimum absolute atomic E-state index is 0. The summed E-state index contributed by atoms with van der Waals surface area (Å²) in [5.41, 5.74) is 8.91. The molecule has 1 unspecified atom stereocenters. The van der Waals surface area contributed by atoms with Crippen LogP contribution < -0.4 is 15.2 Å². The lowest BCUT2D eigenvalue weighted by Gasteiger charge is -2.17. The van der Waals surface area contributed by atoms with E-state index in [2.05, 4.69) is 4.72 Å². The molecular formula is C19H27ClN2O3S. The number of ether oxygens (including phenoxy) is 1. The van der Waals surface area contributed by atoms with Crippen LogP contribution in [0.5, 0.6) is 5.75 Å². The first-order valence-electron chi connectivity index (χ1n) is 8.36. The highest BCUT2D eigenvalue weighted by molar-refractivity contribution is 7.90. The van der Waals surface area contributed by atoms with Gasteiger partial charge in [0.25, 0.3) is 0 Å². The van der Waals surface area contributed by atoms with Gasteiger partial charge in [-0.05, 0) is 49.6 Å². The number of rotatable bonds is 8. The molecule has 0 heterocycles. The van der Waals surface area contributed by atoms with Crippen molar-refractivity contribution in [3.8, 4) is 16.9 Å². The molecule has 0 aliphatic rings. The van der Waals surface area contributed by atoms with Crippen LogP contribution in [-0.2, 0) is 16.6 Å². The van der Waals surface area contributed by atoms with Gasteiger partial charge in [-0.1, -0.05) is 36.4 Å². The van der Waals surface area contributed by atoms with Crippen molar-refractivity contribution in [3.63, 3.8) is 0 Å². The van der Waals surface area contributed by atoms with E-state index >= 15 is 0 Å². The Hall–Kier alpha value is -1.60. The summed E-state index contributed by atoms with van der Waals surface area (Å²) in [5.74, 6) is 0.707. The summed E-state index contributed by atoms with van der Waals surface area (Å²) in [7, 11) is -3.27. The Bertz CT molecular complexity index is 775. The fourth-order valence-electron chi connectivity index (χ4n) is 2.23. The molecule has 0 aliphatic heterocycles. The summed E-state index contributed by atoms with van der Waals surface area (Å²) in [6.45, 7) is 5.90. The number of halogens is 1. The highest BCUT2D eigenvalue weighted by atomic mass is 35.5. The van der Waals surface area contributed by atoms with Crippen LogP contribution in [0, 0.1) is 0 Å². The average Bonchev–Trinajstić information content (AvgIpc) is 2.61. The first-order chi connectivity index (χ1) is 11.8. The third kappa shape index (κ3) is 6.29. The average molecular weight is 399 g/mol. The summed E-state index contributed by atoms with van der Waals surface area (Å²) < 4.78 is 31.9. The van der Waals surface area contributed by atoms with Gasteiger partial charge >= 0.3 is 0 Å². The van der Waals surface area contributed by atoms with E-state index in [-0.39, 0.29) is 25.1 Å². The summed E-state index contributed by atoms with van der Waals surface area (Å²) in [5, 5.41) is -0.454. The topological polar surface area (TPSA) is 81.4 Å². The van der Waals surface area contributed by atoms with Crippen molar-refractivity contribution < 1.29 is 13.2 Å². The molecule has 2 aromatic rings. The van der Waals surface area contributed by atoms with E-state index in [1.165, 1.54) is 0 Å². The first-order valence-corrected chi connectivity index (χ1v) is 9.91. The van der Waals surface area contributed by atoms with Crippen LogP contribution in [0.3, 0.4) is 0 Å². The van der Waals surface area contributed by atoms with Crippen LogP contribution >= 0.6 is 12.4 Å². The third-order valence-corrected chi connectivity index (χ3v) is 5.72. The van der Waals surface area contributed by atoms with Gasteiger partial charge in [0.15, 0.2) is 0 Å². The Kier molecular flexibility index (Phi) is 8.56. The minimum atomic E-state index is -3.27. The molecule has 26 heavy (non-hydrogen) atoms. The third-order valence-electron chi connectivity index (χ3n) is 3.91. The van der Waals surface area contributed by atoms with Gasteiger partial charge in [-0.3, -0.25) is 0 Å². The van der Waals surface area contributed by atoms with E-state index in [4.69, 9.17) is 10.5 Å². The van der Waals surface area contributed by atoms with Crippen molar-refractivity contribution in [1.82, 2.24) is 4.72 Å². The highest BCUT2D eigenvalue weighted by Gasteiger charge is 2.16. The van der Waals surface area contributed by atoms with E-state index in [0.29, 0.717) is 12.3 Å². The van der Waals surface area contributed by atoms with E-state index < -0.39 is 15.3 Å². The molecule has 0 spiro atoms. The zero-order valence-corrected chi connectivity index (χ0v) is 16.9. The zero-order chi connectivity index (χ0) is 18.4. The summed E-state index contributed by atoms with van der Waals surface area (Å²) in [6.07, 6.45) is -0.261. The van der Waals surface area contributed by atoms with E-state index in [9.17, 15) is 8.42 Å². The molecule has 5 nitrogen and oxygen atoms in total. The Morgan fingerprint density at radius 2 is 1.46 bits per heavy atom. The molecule has 0 saturated carbocycles. The van der Waals surface area contributed by atoms with Crippen molar-refractivity contribution in [2.45, 2.75) is 38.7 Å². The number of hydrogen-bond donors (Lipinski definition) is 2. The van der Waals surface area contributed by atoms with E-state index in [0.717, 1.165) is 16.7 Å². The van der Waals surface area contributed by atoms with E-state index in [1.807, 2.05) is 55.5 Å². The molecule has 1 atom stereocenters. The van der Waals surface area contributed by atoms with Crippen LogP contribution in [0.15, 0.2) is 48.5 Å². The number of hydrogen-bond acceptors (Lipinski definition) is 4. The molecule has 7 heteroatoms. The maximum Gasteiger partial charge on any atom is 0.214 e. The number of benzene rings is 2. The first kappa shape index (κ1) is 22.4. The number of nitrogens with two attached hydrogens (primary N) is 1. The van der Waals surface area contributed by atoms with Crippen molar-refractivity contribution in [2.75, 3.05) is 6.54 Å². The van der Waals surface area contributed by atoms with Crippen LogP contribution in [0.1, 0.15) is 26.3 Å². The fourth-order valence-corrected chi connectivity index (χ4v) is 3.03. The smallest absolute Gasteiger partial charge is 0.214 e. The number of sulfonamides is 1. The predicted octanol–water partition coefficient (Wildman–Crippen LogP) is 3.33. The van der Waals surface area contributed by atoms with Gasteiger partial charge in [-0.2, -0.15) is 0 Å². The SMILES string of the molecule is CC(CNS(=O)(=O)C(C)C)Oc1ccc(-c2ccc(CN)cc2)cc1.Cl. The molecule has 2 aromatic carbocycles. The second kappa shape index (κ2) is 9.92. The fraction of sp³-hybridized carbons (Fsp3) is 0.368. The molecule has 0 fully saturated rings. The summed E-state index contributed by atoms with van der Waals surface area (Å²) in [4.78, 5) is 0. The van der Waals surface area contributed by atoms with Crippen molar-refractivity contribution in [3.05, 3.63) is 54.1 Å². The Balaban J connectivity index is 0.00000338. The van der Waals surface area contributed by atoms with Gasteiger partial charge < -0.3 is 10.5 Å². The molecule has 0 bridgehead atoms. The van der Waals surface area contributed by atoms with Crippen LogP contribution in [0.2, 0.25) is 0 Å². The molecule has 0 radical (unpaired) electrons. The van der Waals surface area contributed by atoms with Gasteiger partial charge in [0, 0.05) is 13.1 Å². The van der Waals surface area contributed by atoms with Crippen molar-refractivity contribution in [1.29, 1.82) is 0 Å². The lowest BCUT2D eigenvalue weighted by atomic mass is 10.0. The van der Waals surface area contributed by atoms with Crippen molar-refractivity contribution in [2.24, 2.45) is 5.73 Å². The lowest BCUT2D eigenvalue weighted by Crippen LogP contribution is -2.37. The summed E-state index contributed by atoms with van der Waals surface area (Å²) in [6, 6.07) is 15.9. The van der Waals surface area contributed by atoms with Gasteiger partial charge in [0.1, 0.15) is 11.9 Å². The molecule has 0 aromatic heterocycles. The Morgan fingerprint density at radius 3 is 1.92 bits per heavy atom. The largest absolute Gasteiger partial charge is 0.489 e. The normalized spacial score (nSPS) is 12.5. The zero-order valence-electron chi connectivity index (χ0n) is 15.3. The van der Waals surface area contributed by atoms with Crippen LogP contribution in [-0.4, -0.2) is 26.3 Å². The number of nitrogens with one attached hydrogen (secondary N) is 1. The quantitative estimate of drug-likeness (QED) is 0.714. The van der Waals surface area contributed by atoms with Crippen molar-refractivity contribution >= 4 is 22.4 Å². The lowest BCUT2D eigenvalue weighted by molar-refractivity contribution is 0.225. The molecule has 0 saturated heterocycles. The van der Waals surface area contributed by atoms with E-state index in [1.54, 1.807) is 13.8 Å². The minimum Gasteiger partial charge on any atom is -0.489 e. The highest BCUT2D eigenvalue weighted by Crippen LogP contribution is 2.23. The Labute approximate surface area is 162 Å².